The van der Waals surface area contributed by atoms with Crippen molar-refractivity contribution < 1.29 is 9.18 Å². The lowest BCUT2D eigenvalue weighted by atomic mass is 10.0. The molecule has 98 valence electrons. The Bertz CT molecular complexity index is 641. The average Bonchev–Trinajstić information content (AvgIpc) is 2.34. The zero-order valence-electron chi connectivity index (χ0n) is 9.59. The van der Waals surface area contributed by atoms with E-state index in [-0.39, 0.29) is 22.8 Å². The van der Waals surface area contributed by atoms with Crippen molar-refractivity contribution in [1.29, 1.82) is 0 Å². The van der Waals surface area contributed by atoms with Gasteiger partial charge in [0.25, 0.3) is 0 Å². The molecule has 0 spiro atoms. The minimum Gasteiger partial charge on any atom is -0.294 e. The van der Waals surface area contributed by atoms with Gasteiger partial charge in [-0.3, -0.25) is 4.79 Å². The maximum atomic E-state index is 13.6. The van der Waals surface area contributed by atoms with E-state index in [1.165, 1.54) is 12.1 Å². The highest BCUT2D eigenvalue weighted by Gasteiger charge is 2.15. The van der Waals surface area contributed by atoms with Crippen LogP contribution in [0, 0.1) is 5.82 Å². The molecule has 0 fully saturated rings. The van der Waals surface area contributed by atoms with Crippen molar-refractivity contribution in [1.82, 2.24) is 0 Å². The fraction of sp³-hybridized carbons (Fsp3) is 0.0714. The molecular weight excluding hydrogens is 310 g/mol. The minimum absolute atomic E-state index is 0.0135. The van der Waals surface area contributed by atoms with Gasteiger partial charge in [0.15, 0.2) is 5.78 Å². The fourth-order valence-electron chi connectivity index (χ4n) is 1.67. The highest BCUT2D eigenvalue weighted by atomic mass is 35.5. The molecule has 2 rings (SSSR count). The Morgan fingerprint density at radius 2 is 1.84 bits per heavy atom. The maximum Gasteiger partial charge on any atom is 0.170 e. The molecule has 0 aliphatic carbocycles. The molecule has 0 atom stereocenters. The van der Waals surface area contributed by atoms with E-state index in [9.17, 15) is 9.18 Å². The van der Waals surface area contributed by atoms with Gasteiger partial charge in [-0.2, -0.15) is 0 Å². The van der Waals surface area contributed by atoms with Gasteiger partial charge in [0.1, 0.15) is 5.82 Å². The first-order valence-electron chi connectivity index (χ1n) is 5.40. The van der Waals surface area contributed by atoms with Gasteiger partial charge in [-0.15, -0.1) is 0 Å². The molecule has 0 radical (unpaired) electrons. The normalized spacial score (nSPS) is 10.5. The van der Waals surface area contributed by atoms with Crippen LogP contribution in [0.5, 0.6) is 0 Å². The van der Waals surface area contributed by atoms with Crippen molar-refractivity contribution in [2.24, 2.45) is 0 Å². The molecule has 0 N–H and O–H groups in total. The third kappa shape index (κ3) is 3.27. The molecule has 0 aromatic heterocycles. The van der Waals surface area contributed by atoms with Crippen LogP contribution in [0.3, 0.4) is 0 Å². The number of rotatable bonds is 3. The third-order valence-corrected chi connectivity index (χ3v) is 3.71. The van der Waals surface area contributed by atoms with Gasteiger partial charge >= 0.3 is 0 Å². The first-order valence-corrected chi connectivity index (χ1v) is 6.53. The van der Waals surface area contributed by atoms with E-state index >= 15 is 0 Å². The lowest BCUT2D eigenvalue weighted by molar-refractivity contribution is 0.0989. The second kappa shape index (κ2) is 5.91. The zero-order chi connectivity index (χ0) is 14.0. The van der Waals surface area contributed by atoms with Crippen LogP contribution < -0.4 is 0 Å². The van der Waals surface area contributed by atoms with Gasteiger partial charge in [0, 0.05) is 11.4 Å². The molecule has 0 amide bonds. The van der Waals surface area contributed by atoms with Crippen LogP contribution in [0.4, 0.5) is 4.39 Å². The monoisotopic (exact) mass is 316 g/mol. The SMILES string of the molecule is O=C(Cc1cccc(Cl)c1Cl)c1ccc(Cl)cc1F. The maximum absolute atomic E-state index is 13.6. The number of benzene rings is 2. The van der Waals surface area contributed by atoms with E-state index in [1.54, 1.807) is 18.2 Å². The van der Waals surface area contributed by atoms with E-state index in [0.29, 0.717) is 15.6 Å². The van der Waals surface area contributed by atoms with Gasteiger partial charge in [0.2, 0.25) is 0 Å². The van der Waals surface area contributed by atoms with Gasteiger partial charge in [-0.05, 0) is 29.8 Å². The second-order valence-corrected chi connectivity index (χ2v) is 5.16. The molecule has 0 bridgehead atoms. The van der Waals surface area contributed by atoms with Crippen LogP contribution in [-0.4, -0.2) is 5.78 Å². The molecule has 2 aromatic rings. The number of carbonyl (C=O) groups excluding carboxylic acids is 1. The van der Waals surface area contributed by atoms with Crippen molar-refractivity contribution in [3.8, 4) is 0 Å². The standard InChI is InChI=1S/C14H8Cl3FO/c15-9-4-5-10(12(18)7-9)13(19)6-8-2-1-3-11(16)14(8)17/h1-5,7H,6H2. The average molecular weight is 318 g/mol. The van der Waals surface area contributed by atoms with Crippen LogP contribution in [0.15, 0.2) is 36.4 Å². The fourth-order valence-corrected chi connectivity index (χ4v) is 2.21. The summed E-state index contributed by atoms with van der Waals surface area (Å²) in [5, 5.41) is 0.922. The number of Topliss-reactive ketones (excluding diaryl/α,β-unsaturated/α-hetero) is 1. The second-order valence-electron chi connectivity index (χ2n) is 3.94. The molecule has 0 saturated heterocycles. The van der Waals surface area contributed by atoms with E-state index in [2.05, 4.69) is 0 Å². The van der Waals surface area contributed by atoms with Crippen LogP contribution in [-0.2, 0) is 6.42 Å². The largest absolute Gasteiger partial charge is 0.294 e. The summed E-state index contributed by atoms with van der Waals surface area (Å²) in [6, 6.07) is 8.93. The summed E-state index contributed by atoms with van der Waals surface area (Å²) in [6.07, 6.45) is -0.0159. The van der Waals surface area contributed by atoms with Gasteiger partial charge < -0.3 is 0 Å². The smallest absolute Gasteiger partial charge is 0.170 e. The molecule has 5 heteroatoms. The van der Waals surface area contributed by atoms with Crippen molar-refractivity contribution in [2.75, 3.05) is 0 Å². The lowest BCUT2D eigenvalue weighted by Crippen LogP contribution is -2.06. The lowest BCUT2D eigenvalue weighted by Gasteiger charge is -2.06. The van der Waals surface area contributed by atoms with Crippen LogP contribution in [0.1, 0.15) is 15.9 Å². The van der Waals surface area contributed by atoms with Crippen molar-refractivity contribution in [3.05, 3.63) is 68.4 Å². The molecule has 0 unspecified atom stereocenters. The minimum atomic E-state index is -0.643. The Labute approximate surface area is 124 Å². The topological polar surface area (TPSA) is 17.1 Å². The Hall–Kier alpha value is -1.09. The predicted molar refractivity (Wildman–Crippen MR) is 75.9 cm³/mol. The summed E-state index contributed by atoms with van der Waals surface area (Å²) < 4.78 is 13.6. The summed E-state index contributed by atoms with van der Waals surface area (Å²) in [7, 11) is 0. The van der Waals surface area contributed by atoms with E-state index in [4.69, 9.17) is 34.8 Å². The Balaban J connectivity index is 2.28. The van der Waals surface area contributed by atoms with Gasteiger partial charge in [-0.1, -0.05) is 46.9 Å². The van der Waals surface area contributed by atoms with E-state index in [0.717, 1.165) is 6.07 Å². The van der Waals surface area contributed by atoms with Crippen LogP contribution in [0.25, 0.3) is 0 Å². The highest BCUT2D eigenvalue weighted by molar-refractivity contribution is 6.42. The van der Waals surface area contributed by atoms with Crippen molar-refractivity contribution in [2.45, 2.75) is 6.42 Å². The first-order chi connectivity index (χ1) is 8.99. The molecule has 0 heterocycles. The molecule has 0 saturated carbocycles. The number of carbonyl (C=O) groups is 1. The molecular formula is C14H8Cl3FO. The van der Waals surface area contributed by atoms with E-state index < -0.39 is 5.82 Å². The molecule has 0 aliphatic rings. The summed E-state index contributed by atoms with van der Waals surface area (Å²) in [4.78, 5) is 12.0. The highest BCUT2D eigenvalue weighted by Crippen LogP contribution is 2.27. The number of halogens is 4. The molecule has 1 nitrogen and oxygen atoms in total. The summed E-state index contributed by atoms with van der Waals surface area (Å²) in [5.41, 5.74) is 0.550. The summed E-state index contributed by atoms with van der Waals surface area (Å²) >= 11 is 17.5. The van der Waals surface area contributed by atoms with Crippen molar-refractivity contribution >= 4 is 40.6 Å². The quantitative estimate of drug-likeness (QED) is 0.710. The molecule has 2 aromatic carbocycles. The van der Waals surface area contributed by atoms with E-state index in [1.807, 2.05) is 0 Å². The molecule has 0 aliphatic heterocycles. The van der Waals surface area contributed by atoms with Gasteiger partial charge in [0.05, 0.1) is 15.6 Å². The zero-order valence-corrected chi connectivity index (χ0v) is 11.9. The summed E-state index contributed by atoms with van der Waals surface area (Å²) in [5.74, 6) is -1.02. The first kappa shape index (κ1) is 14.3. The predicted octanol–water partition coefficient (Wildman–Crippen LogP) is 5.21. The van der Waals surface area contributed by atoms with Gasteiger partial charge in [-0.25, -0.2) is 4.39 Å². The Kier molecular flexibility index (Phi) is 4.46. The number of hydrogen-bond donors (Lipinski definition) is 0. The Morgan fingerprint density at radius 3 is 2.53 bits per heavy atom. The number of ketones is 1. The van der Waals surface area contributed by atoms with Crippen molar-refractivity contribution in [3.63, 3.8) is 0 Å². The van der Waals surface area contributed by atoms with Crippen LogP contribution in [0.2, 0.25) is 15.1 Å². The van der Waals surface area contributed by atoms with Crippen LogP contribution >= 0.6 is 34.8 Å². The molecule has 19 heavy (non-hydrogen) atoms. The Morgan fingerprint density at radius 1 is 1.11 bits per heavy atom. The third-order valence-electron chi connectivity index (χ3n) is 2.61. The summed E-state index contributed by atoms with van der Waals surface area (Å²) in [6.45, 7) is 0. The number of hydrogen-bond acceptors (Lipinski definition) is 1.